The van der Waals surface area contributed by atoms with Crippen LogP contribution in [0.25, 0.3) is 0 Å². The van der Waals surface area contributed by atoms with E-state index in [0.717, 1.165) is 6.54 Å². The molecule has 0 bridgehead atoms. The van der Waals surface area contributed by atoms with E-state index in [-0.39, 0.29) is 10.8 Å². The molecule has 104 valence electrons. The second kappa shape index (κ2) is 6.44. The minimum atomic E-state index is -0.258. The molecule has 0 amide bonds. The molecule has 0 spiro atoms. The van der Waals surface area contributed by atoms with E-state index in [9.17, 15) is 4.39 Å². The molecule has 4 heteroatoms. The van der Waals surface area contributed by atoms with Gasteiger partial charge in [-0.05, 0) is 32.4 Å². The maximum atomic E-state index is 14.3. The van der Waals surface area contributed by atoms with Gasteiger partial charge in [0.1, 0.15) is 10.8 Å². The van der Waals surface area contributed by atoms with Gasteiger partial charge in [0.25, 0.3) is 0 Å². The number of hydrogen-bond donors (Lipinski definition) is 1. The summed E-state index contributed by atoms with van der Waals surface area (Å²) in [5.74, 6) is -0.258. The molecule has 1 aromatic carbocycles. The molecular weight excluding hydrogens is 259 g/mol. The summed E-state index contributed by atoms with van der Waals surface area (Å²) in [5.41, 5.74) is 6.60. The zero-order chi connectivity index (χ0) is 13.8. The highest BCUT2D eigenvalue weighted by Crippen LogP contribution is 2.21. The van der Waals surface area contributed by atoms with Gasteiger partial charge in [0.2, 0.25) is 0 Å². The average molecular weight is 280 g/mol. The molecule has 0 aliphatic carbocycles. The predicted octanol–water partition coefficient (Wildman–Crippen LogP) is 3.22. The van der Waals surface area contributed by atoms with Crippen molar-refractivity contribution < 1.29 is 4.39 Å². The van der Waals surface area contributed by atoms with Crippen molar-refractivity contribution in [2.75, 3.05) is 6.54 Å². The van der Waals surface area contributed by atoms with Gasteiger partial charge >= 0.3 is 0 Å². The van der Waals surface area contributed by atoms with E-state index in [2.05, 4.69) is 11.8 Å². The summed E-state index contributed by atoms with van der Waals surface area (Å²) in [7, 11) is 0. The van der Waals surface area contributed by atoms with Gasteiger partial charge in [-0.1, -0.05) is 37.2 Å². The second-order valence-corrected chi connectivity index (χ2v) is 5.75. The van der Waals surface area contributed by atoms with Crippen molar-refractivity contribution in [2.45, 2.75) is 45.2 Å². The molecule has 1 aliphatic heterocycles. The number of nitrogens with zero attached hydrogens (tertiary/aromatic N) is 1. The summed E-state index contributed by atoms with van der Waals surface area (Å²) in [6, 6.07) is 5.81. The van der Waals surface area contributed by atoms with Crippen molar-refractivity contribution in [1.29, 1.82) is 0 Å². The Morgan fingerprint density at radius 3 is 2.95 bits per heavy atom. The van der Waals surface area contributed by atoms with Crippen LogP contribution in [0.3, 0.4) is 0 Å². The molecule has 0 saturated carbocycles. The number of likely N-dealkylation sites (tertiary alicyclic amines) is 1. The number of rotatable bonds is 3. The SMILES string of the molecule is CC1CCCCCN1Cc1cccc(C(N)=S)c1F. The van der Waals surface area contributed by atoms with Gasteiger partial charge in [-0.25, -0.2) is 4.39 Å². The number of hydrogen-bond acceptors (Lipinski definition) is 2. The molecule has 1 unspecified atom stereocenters. The van der Waals surface area contributed by atoms with Gasteiger partial charge in [0.05, 0.1) is 0 Å². The van der Waals surface area contributed by atoms with Crippen LogP contribution in [-0.4, -0.2) is 22.5 Å². The van der Waals surface area contributed by atoms with Crippen LogP contribution in [0.15, 0.2) is 18.2 Å². The molecule has 2 N–H and O–H groups in total. The molecule has 1 aromatic rings. The molecule has 0 radical (unpaired) electrons. The summed E-state index contributed by atoms with van der Waals surface area (Å²) in [5, 5.41) is 0. The summed E-state index contributed by atoms with van der Waals surface area (Å²) in [6.07, 6.45) is 4.93. The molecule has 0 aromatic heterocycles. The Morgan fingerprint density at radius 2 is 2.21 bits per heavy atom. The highest BCUT2D eigenvalue weighted by Gasteiger charge is 2.19. The Labute approximate surface area is 119 Å². The lowest BCUT2D eigenvalue weighted by atomic mass is 10.1. The lowest BCUT2D eigenvalue weighted by Gasteiger charge is -2.27. The minimum Gasteiger partial charge on any atom is -0.389 e. The van der Waals surface area contributed by atoms with Crippen molar-refractivity contribution in [3.05, 3.63) is 35.1 Å². The fourth-order valence-electron chi connectivity index (χ4n) is 2.68. The molecule has 19 heavy (non-hydrogen) atoms. The zero-order valence-electron chi connectivity index (χ0n) is 11.4. The molecular formula is C15H21FN2S. The smallest absolute Gasteiger partial charge is 0.137 e. The van der Waals surface area contributed by atoms with E-state index in [1.807, 2.05) is 12.1 Å². The van der Waals surface area contributed by atoms with Gasteiger partial charge in [-0.2, -0.15) is 0 Å². The molecule has 1 fully saturated rings. The summed E-state index contributed by atoms with van der Waals surface area (Å²) >= 11 is 4.88. The highest BCUT2D eigenvalue weighted by molar-refractivity contribution is 7.80. The van der Waals surface area contributed by atoms with E-state index in [1.54, 1.807) is 6.07 Å². The van der Waals surface area contributed by atoms with E-state index in [0.29, 0.717) is 23.7 Å². The normalized spacial score (nSPS) is 21.1. The van der Waals surface area contributed by atoms with E-state index >= 15 is 0 Å². The zero-order valence-corrected chi connectivity index (χ0v) is 12.2. The van der Waals surface area contributed by atoms with Gasteiger partial charge in [0, 0.05) is 23.7 Å². The maximum absolute atomic E-state index is 14.3. The molecule has 1 saturated heterocycles. The summed E-state index contributed by atoms with van der Waals surface area (Å²) in [4.78, 5) is 2.48. The Bertz CT molecular complexity index is 461. The minimum absolute atomic E-state index is 0.128. The molecule has 2 rings (SSSR count). The first-order valence-corrected chi connectivity index (χ1v) is 7.31. The number of benzene rings is 1. The van der Waals surface area contributed by atoms with Crippen molar-refractivity contribution >= 4 is 17.2 Å². The van der Waals surface area contributed by atoms with Crippen LogP contribution in [0.5, 0.6) is 0 Å². The lowest BCUT2D eigenvalue weighted by molar-refractivity contribution is 0.202. The Morgan fingerprint density at radius 1 is 1.42 bits per heavy atom. The monoisotopic (exact) mass is 280 g/mol. The third kappa shape index (κ3) is 3.51. The van der Waals surface area contributed by atoms with E-state index < -0.39 is 0 Å². The Balaban J connectivity index is 2.18. The topological polar surface area (TPSA) is 29.3 Å². The largest absolute Gasteiger partial charge is 0.389 e. The van der Waals surface area contributed by atoms with Crippen LogP contribution >= 0.6 is 12.2 Å². The van der Waals surface area contributed by atoms with Crippen LogP contribution in [0.4, 0.5) is 4.39 Å². The Kier molecular flexibility index (Phi) is 4.88. The van der Waals surface area contributed by atoms with Crippen molar-refractivity contribution in [1.82, 2.24) is 4.90 Å². The summed E-state index contributed by atoms with van der Waals surface area (Å²) < 4.78 is 14.3. The maximum Gasteiger partial charge on any atom is 0.137 e. The van der Waals surface area contributed by atoms with Crippen LogP contribution in [0.1, 0.15) is 43.7 Å². The van der Waals surface area contributed by atoms with Gasteiger partial charge in [0.15, 0.2) is 0 Å². The fraction of sp³-hybridized carbons (Fsp3) is 0.533. The molecule has 1 aliphatic rings. The molecule has 2 nitrogen and oxygen atoms in total. The lowest BCUT2D eigenvalue weighted by Crippen LogP contribution is -2.32. The quantitative estimate of drug-likeness (QED) is 0.862. The van der Waals surface area contributed by atoms with Crippen LogP contribution in [0.2, 0.25) is 0 Å². The van der Waals surface area contributed by atoms with E-state index in [4.69, 9.17) is 18.0 Å². The number of halogens is 1. The van der Waals surface area contributed by atoms with Crippen molar-refractivity contribution in [2.24, 2.45) is 5.73 Å². The third-order valence-corrected chi connectivity index (χ3v) is 4.13. The molecule has 1 atom stereocenters. The van der Waals surface area contributed by atoms with Crippen LogP contribution < -0.4 is 5.73 Å². The van der Waals surface area contributed by atoms with Gasteiger partial charge in [-0.3, -0.25) is 4.90 Å². The van der Waals surface area contributed by atoms with Crippen LogP contribution in [-0.2, 0) is 6.54 Å². The molecule has 1 heterocycles. The second-order valence-electron chi connectivity index (χ2n) is 5.31. The van der Waals surface area contributed by atoms with Crippen LogP contribution in [0, 0.1) is 5.82 Å². The van der Waals surface area contributed by atoms with E-state index in [1.165, 1.54) is 25.7 Å². The highest BCUT2D eigenvalue weighted by atomic mass is 32.1. The summed E-state index contributed by atoms with van der Waals surface area (Å²) in [6.45, 7) is 3.90. The first kappa shape index (κ1) is 14.4. The van der Waals surface area contributed by atoms with Gasteiger partial charge < -0.3 is 5.73 Å². The fourth-order valence-corrected chi connectivity index (χ4v) is 2.84. The first-order valence-electron chi connectivity index (χ1n) is 6.91. The first-order chi connectivity index (χ1) is 9.09. The van der Waals surface area contributed by atoms with Crippen molar-refractivity contribution in [3.8, 4) is 0 Å². The van der Waals surface area contributed by atoms with Crippen molar-refractivity contribution in [3.63, 3.8) is 0 Å². The Hall–Kier alpha value is -1.00. The number of thiocarbonyl (C=S) groups is 1. The predicted molar refractivity (Wildman–Crippen MR) is 80.6 cm³/mol. The standard InChI is InChI=1S/C15H21FN2S/c1-11-6-3-2-4-9-18(11)10-12-7-5-8-13(14(12)16)15(17)19/h5,7-8,11H,2-4,6,9-10H2,1H3,(H2,17,19). The number of nitrogens with two attached hydrogens (primary N) is 1. The average Bonchev–Trinajstić information content (AvgIpc) is 2.57. The third-order valence-electron chi connectivity index (χ3n) is 3.91. The van der Waals surface area contributed by atoms with Gasteiger partial charge in [-0.15, -0.1) is 0 Å².